The molecule has 0 unspecified atom stereocenters. The second-order valence-corrected chi connectivity index (χ2v) is 11.2. The second kappa shape index (κ2) is 12.1. The second-order valence-electron chi connectivity index (χ2n) is 9.34. The highest BCUT2D eigenvalue weighted by molar-refractivity contribution is 7.92. The van der Waals surface area contributed by atoms with Crippen molar-refractivity contribution in [3.8, 4) is 0 Å². The Morgan fingerprint density at radius 3 is 1.97 bits per heavy atom. The first-order valence-electron chi connectivity index (χ1n) is 12.2. The zero-order valence-corrected chi connectivity index (χ0v) is 22.9. The summed E-state index contributed by atoms with van der Waals surface area (Å²) in [4.78, 5) is 28.6. The Bertz CT molecular complexity index is 1320. The third-order valence-electron chi connectivity index (χ3n) is 6.36. The van der Waals surface area contributed by atoms with Gasteiger partial charge in [0, 0.05) is 20.0 Å². The lowest BCUT2D eigenvalue weighted by Crippen LogP contribution is -2.53. The van der Waals surface area contributed by atoms with Crippen LogP contribution in [-0.4, -0.2) is 51.0 Å². The molecular formula is C29H35N3O4S. The zero-order chi connectivity index (χ0) is 27.2. The van der Waals surface area contributed by atoms with Gasteiger partial charge in [0.2, 0.25) is 21.8 Å². The number of likely N-dealkylation sites (N-methyl/N-ethyl adjacent to an activating group) is 1. The first-order valence-corrected chi connectivity index (χ1v) is 14.0. The lowest BCUT2D eigenvalue weighted by Gasteiger charge is -2.34. The third kappa shape index (κ3) is 7.20. The van der Waals surface area contributed by atoms with E-state index in [4.69, 9.17) is 0 Å². The van der Waals surface area contributed by atoms with Crippen molar-refractivity contribution in [2.24, 2.45) is 0 Å². The quantitative estimate of drug-likeness (QED) is 0.440. The van der Waals surface area contributed by atoms with Crippen LogP contribution in [0, 0.1) is 20.8 Å². The van der Waals surface area contributed by atoms with Crippen molar-refractivity contribution in [3.63, 3.8) is 0 Å². The lowest BCUT2D eigenvalue weighted by atomic mass is 10.0. The summed E-state index contributed by atoms with van der Waals surface area (Å²) in [5.74, 6) is -0.777. The molecule has 7 nitrogen and oxygen atoms in total. The summed E-state index contributed by atoms with van der Waals surface area (Å²) in [5, 5.41) is 2.68. The summed E-state index contributed by atoms with van der Waals surface area (Å²) in [7, 11) is -2.26. The highest BCUT2D eigenvalue weighted by Gasteiger charge is 2.33. The van der Waals surface area contributed by atoms with Gasteiger partial charge in [-0.3, -0.25) is 13.9 Å². The van der Waals surface area contributed by atoms with E-state index in [-0.39, 0.29) is 12.5 Å². The fraction of sp³-hybridized carbons (Fsp3) is 0.310. The van der Waals surface area contributed by atoms with E-state index in [2.05, 4.69) is 5.32 Å². The Labute approximate surface area is 220 Å². The Hall–Kier alpha value is -3.65. The standard InChI is InChI=1S/C29H35N3O4S/c1-21-14-16-25(17-15-21)19-31(26(29(34)30-4)18-24-12-7-6-8-13-24)27(33)20-32(37(5,35)36)28-22(2)10-9-11-23(28)3/h6-17,26H,18-20H2,1-5H3,(H,30,34)/t26-/m1/s1. The maximum absolute atomic E-state index is 14.0. The summed E-state index contributed by atoms with van der Waals surface area (Å²) in [6.07, 6.45) is 1.39. The van der Waals surface area contributed by atoms with Crippen LogP contribution in [0.4, 0.5) is 5.69 Å². The van der Waals surface area contributed by atoms with E-state index in [1.807, 2.05) is 93.6 Å². The smallest absolute Gasteiger partial charge is 0.244 e. The number of benzene rings is 3. The van der Waals surface area contributed by atoms with Crippen molar-refractivity contribution >= 4 is 27.5 Å². The van der Waals surface area contributed by atoms with Gasteiger partial charge >= 0.3 is 0 Å². The van der Waals surface area contributed by atoms with Gasteiger partial charge < -0.3 is 10.2 Å². The van der Waals surface area contributed by atoms with Gasteiger partial charge in [-0.15, -0.1) is 0 Å². The Kier molecular flexibility index (Phi) is 9.10. The van der Waals surface area contributed by atoms with Crippen LogP contribution in [-0.2, 0) is 32.6 Å². The molecule has 3 rings (SSSR count). The molecule has 1 N–H and O–H groups in total. The molecule has 0 aromatic heterocycles. The van der Waals surface area contributed by atoms with E-state index >= 15 is 0 Å². The first-order chi connectivity index (χ1) is 17.5. The van der Waals surface area contributed by atoms with Crippen molar-refractivity contribution in [3.05, 3.63) is 101 Å². The number of amides is 2. The predicted molar refractivity (Wildman–Crippen MR) is 148 cm³/mol. The molecule has 0 saturated heterocycles. The molecule has 1 atom stereocenters. The fourth-order valence-corrected chi connectivity index (χ4v) is 5.35. The minimum atomic E-state index is -3.80. The van der Waals surface area contributed by atoms with Crippen LogP contribution < -0.4 is 9.62 Å². The summed E-state index contributed by atoms with van der Waals surface area (Å²) >= 11 is 0. The fourth-order valence-electron chi connectivity index (χ4n) is 4.39. The monoisotopic (exact) mass is 521 g/mol. The molecule has 0 aliphatic carbocycles. The minimum absolute atomic E-state index is 0.161. The van der Waals surface area contributed by atoms with Crippen LogP contribution >= 0.6 is 0 Å². The van der Waals surface area contributed by atoms with Gasteiger partial charge in [-0.2, -0.15) is 0 Å². The van der Waals surface area contributed by atoms with E-state index in [1.54, 1.807) is 0 Å². The Balaban J connectivity index is 2.06. The molecule has 8 heteroatoms. The SMILES string of the molecule is CNC(=O)[C@@H](Cc1ccccc1)N(Cc1ccc(C)cc1)C(=O)CN(c1c(C)cccc1C)S(C)(=O)=O. The van der Waals surface area contributed by atoms with E-state index < -0.39 is 28.5 Å². The number of hydrogen-bond acceptors (Lipinski definition) is 4. The van der Waals surface area contributed by atoms with Gasteiger partial charge in [-0.1, -0.05) is 78.4 Å². The van der Waals surface area contributed by atoms with Crippen LogP contribution in [0.15, 0.2) is 72.8 Å². The first kappa shape index (κ1) is 27.9. The number of carbonyl (C=O) groups excluding carboxylic acids is 2. The molecule has 0 radical (unpaired) electrons. The molecule has 0 bridgehead atoms. The molecule has 3 aromatic rings. The molecular weight excluding hydrogens is 486 g/mol. The normalized spacial score (nSPS) is 12.0. The maximum Gasteiger partial charge on any atom is 0.244 e. The lowest BCUT2D eigenvalue weighted by molar-refractivity contribution is -0.139. The maximum atomic E-state index is 14.0. The Morgan fingerprint density at radius 1 is 0.838 bits per heavy atom. The summed E-state index contributed by atoms with van der Waals surface area (Å²) in [6, 6.07) is 21.8. The van der Waals surface area contributed by atoms with Crippen molar-refractivity contribution in [2.45, 2.75) is 39.8 Å². The summed E-state index contributed by atoms with van der Waals surface area (Å²) in [6.45, 7) is 5.35. The molecule has 0 spiro atoms. The largest absolute Gasteiger partial charge is 0.357 e. The van der Waals surface area contributed by atoms with Gasteiger partial charge in [0.1, 0.15) is 12.6 Å². The number of rotatable bonds is 10. The number of anilines is 1. The third-order valence-corrected chi connectivity index (χ3v) is 7.47. The number of nitrogens with one attached hydrogen (secondary N) is 1. The number of sulfonamides is 1. The number of hydrogen-bond donors (Lipinski definition) is 1. The van der Waals surface area contributed by atoms with Crippen LogP contribution in [0.2, 0.25) is 0 Å². The van der Waals surface area contributed by atoms with E-state index in [9.17, 15) is 18.0 Å². The number of carbonyl (C=O) groups is 2. The average molecular weight is 522 g/mol. The molecule has 3 aromatic carbocycles. The minimum Gasteiger partial charge on any atom is -0.357 e. The van der Waals surface area contributed by atoms with Crippen molar-refractivity contribution in [1.29, 1.82) is 0 Å². The highest BCUT2D eigenvalue weighted by atomic mass is 32.2. The highest BCUT2D eigenvalue weighted by Crippen LogP contribution is 2.27. The topological polar surface area (TPSA) is 86.8 Å². The molecule has 37 heavy (non-hydrogen) atoms. The molecule has 2 amide bonds. The average Bonchev–Trinajstić information content (AvgIpc) is 2.86. The molecule has 0 aliphatic heterocycles. The van der Waals surface area contributed by atoms with Gasteiger partial charge in [-0.05, 0) is 43.0 Å². The van der Waals surface area contributed by atoms with Crippen LogP contribution in [0.1, 0.15) is 27.8 Å². The van der Waals surface area contributed by atoms with E-state index in [1.165, 1.54) is 11.9 Å². The zero-order valence-electron chi connectivity index (χ0n) is 22.1. The Morgan fingerprint density at radius 2 is 1.43 bits per heavy atom. The van der Waals surface area contributed by atoms with Gasteiger partial charge in [0.25, 0.3) is 0 Å². The number of para-hydroxylation sites is 1. The molecule has 196 valence electrons. The molecule has 0 fully saturated rings. The predicted octanol–water partition coefficient (Wildman–Crippen LogP) is 3.76. The number of aryl methyl sites for hydroxylation is 3. The van der Waals surface area contributed by atoms with Crippen LogP contribution in [0.25, 0.3) is 0 Å². The molecule has 0 saturated carbocycles. The van der Waals surface area contributed by atoms with E-state index in [0.29, 0.717) is 12.1 Å². The van der Waals surface area contributed by atoms with Crippen LogP contribution in [0.3, 0.4) is 0 Å². The van der Waals surface area contributed by atoms with Gasteiger partial charge in [-0.25, -0.2) is 8.42 Å². The molecule has 0 aliphatic rings. The van der Waals surface area contributed by atoms with Gasteiger partial charge in [0.15, 0.2) is 0 Å². The summed E-state index contributed by atoms with van der Waals surface area (Å²) in [5.41, 5.74) is 4.79. The van der Waals surface area contributed by atoms with Crippen molar-refractivity contribution in [1.82, 2.24) is 10.2 Å². The van der Waals surface area contributed by atoms with Crippen molar-refractivity contribution < 1.29 is 18.0 Å². The number of nitrogens with zero attached hydrogens (tertiary/aromatic N) is 2. The van der Waals surface area contributed by atoms with Crippen molar-refractivity contribution in [2.75, 3.05) is 24.2 Å². The molecule has 0 heterocycles. The van der Waals surface area contributed by atoms with E-state index in [0.717, 1.165) is 38.4 Å². The summed E-state index contributed by atoms with van der Waals surface area (Å²) < 4.78 is 27.0. The van der Waals surface area contributed by atoms with Crippen LogP contribution in [0.5, 0.6) is 0 Å². The van der Waals surface area contributed by atoms with Gasteiger partial charge in [0.05, 0.1) is 11.9 Å².